The maximum Gasteiger partial charge on any atom is 0.127 e. The van der Waals surface area contributed by atoms with Gasteiger partial charge in [-0.25, -0.2) is 4.98 Å². The highest BCUT2D eigenvalue weighted by Crippen LogP contribution is 2.26. The molecule has 17 heavy (non-hydrogen) atoms. The molecule has 4 heteroatoms. The Morgan fingerprint density at radius 3 is 2.59 bits per heavy atom. The molecule has 0 aliphatic carbocycles. The van der Waals surface area contributed by atoms with Gasteiger partial charge in [0.2, 0.25) is 0 Å². The van der Waals surface area contributed by atoms with E-state index in [0.29, 0.717) is 0 Å². The predicted molar refractivity (Wildman–Crippen MR) is 72.4 cm³/mol. The summed E-state index contributed by atoms with van der Waals surface area (Å²) in [6.45, 7) is 5.24. The van der Waals surface area contributed by atoms with E-state index in [1.165, 1.54) is 0 Å². The lowest BCUT2D eigenvalue weighted by atomic mass is 9.83. The Labute approximate surface area is 103 Å². The Hall–Kier alpha value is -1.29. The minimum absolute atomic E-state index is 0.0247. The van der Waals surface area contributed by atoms with Crippen LogP contribution in [-0.2, 0) is 0 Å². The minimum Gasteiger partial charge on any atom is -0.396 e. The normalized spacial score (nSPS) is 11.3. The van der Waals surface area contributed by atoms with Gasteiger partial charge in [0.15, 0.2) is 0 Å². The number of aromatic nitrogens is 1. The van der Waals surface area contributed by atoms with Crippen molar-refractivity contribution in [3.63, 3.8) is 0 Å². The summed E-state index contributed by atoms with van der Waals surface area (Å²) in [6.07, 6.45) is 3.71. The third kappa shape index (κ3) is 3.60. The Balaban J connectivity index is 2.65. The zero-order valence-electron chi connectivity index (χ0n) is 11.0. The topological polar surface area (TPSA) is 57.2 Å². The number of aliphatic hydroxyl groups is 1. The van der Waals surface area contributed by atoms with Crippen LogP contribution in [0.15, 0.2) is 18.3 Å². The lowest BCUT2D eigenvalue weighted by Crippen LogP contribution is -2.32. The van der Waals surface area contributed by atoms with Gasteiger partial charge in [-0.05, 0) is 18.9 Å². The van der Waals surface area contributed by atoms with Crippen LogP contribution in [0.2, 0.25) is 0 Å². The Bertz CT molecular complexity index is 329. The Morgan fingerprint density at radius 1 is 1.35 bits per heavy atom. The molecule has 1 aromatic rings. The van der Waals surface area contributed by atoms with Crippen LogP contribution < -0.4 is 10.6 Å². The standard InChI is InChI=1S/C13H23N3O/c1-4-13(5-2,10-17)9-16-11-6-7-15-12(8-11)14-3/h6-8,17H,4-5,9-10H2,1-3H3,(H2,14,15,16). The number of pyridine rings is 1. The molecular formula is C13H23N3O. The Morgan fingerprint density at radius 2 is 2.06 bits per heavy atom. The van der Waals surface area contributed by atoms with Crippen LogP contribution in [0.3, 0.4) is 0 Å². The third-order valence-corrected chi connectivity index (χ3v) is 3.52. The zero-order valence-corrected chi connectivity index (χ0v) is 11.0. The molecule has 4 nitrogen and oxygen atoms in total. The second kappa shape index (κ2) is 6.45. The van der Waals surface area contributed by atoms with Gasteiger partial charge in [0, 0.05) is 37.0 Å². The summed E-state index contributed by atoms with van der Waals surface area (Å²) in [7, 11) is 1.85. The molecule has 0 amide bonds. The molecule has 0 fully saturated rings. The molecule has 0 spiro atoms. The average molecular weight is 237 g/mol. The molecule has 96 valence electrons. The summed E-state index contributed by atoms with van der Waals surface area (Å²) in [5.41, 5.74) is 1.01. The SMILES string of the molecule is CCC(CC)(CO)CNc1ccnc(NC)c1. The average Bonchev–Trinajstić information content (AvgIpc) is 2.41. The van der Waals surface area contributed by atoms with E-state index in [1.54, 1.807) is 6.20 Å². The van der Waals surface area contributed by atoms with Crippen molar-refractivity contribution in [2.45, 2.75) is 26.7 Å². The molecule has 0 radical (unpaired) electrons. The minimum atomic E-state index is -0.0247. The fourth-order valence-corrected chi connectivity index (χ4v) is 1.75. The lowest BCUT2D eigenvalue weighted by Gasteiger charge is -2.30. The van der Waals surface area contributed by atoms with Crippen molar-refractivity contribution in [3.05, 3.63) is 18.3 Å². The van der Waals surface area contributed by atoms with Crippen molar-refractivity contribution in [1.82, 2.24) is 4.98 Å². The van der Waals surface area contributed by atoms with Gasteiger partial charge in [-0.2, -0.15) is 0 Å². The molecule has 1 heterocycles. The maximum absolute atomic E-state index is 9.49. The molecule has 3 N–H and O–H groups in total. The monoisotopic (exact) mass is 237 g/mol. The zero-order chi connectivity index (χ0) is 12.7. The van der Waals surface area contributed by atoms with Gasteiger partial charge in [0.05, 0.1) is 6.61 Å². The molecule has 0 atom stereocenters. The maximum atomic E-state index is 9.49. The fourth-order valence-electron chi connectivity index (χ4n) is 1.75. The summed E-state index contributed by atoms with van der Waals surface area (Å²) >= 11 is 0. The molecular weight excluding hydrogens is 214 g/mol. The van der Waals surface area contributed by atoms with Crippen LogP contribution in [-0.4, -0.2) is 30.3 Å². The number of anilines is 2. The van der Waals surface area contributed by atoms with Crippen LogP contribution in [0.5, 0.6) is 0 Å². The van der Waals surface area contributed by atoms with Gasteiger partial charge in [-0.15, -0.1) is 0 Å². The Kier molecular flexibility index (Phi) is 5.22. The molecule has 0 saturated carbocycles. The van der Waals surface area contributed by atoms with Crippen LogP contribution in [0.4, 0.5) is 11.5 Å². The number of hydrogen-bond donors (Lipinski definition) is 3. The first-order valence-electron chi connectivity index (χ1n) is 6.18. The first kappa shape index (κ1) is 13.8. The van der Waals surface area contributed by atoms with Crippen molar-refractivity contribution >= 4 is 11.5 Å². The van der Waals surface area contributed by atoms with Crippen molar-refractivity contribution < 1.29 is 5.11 Å². The molecule has 0 aromatic carbocycles. The van der Waals surface area contributed by atoms with Gasteiger partial charge < -0.3 is 15.7 Å². The highest BCUT2D eigenvalue weighted by molar-refractivity contribution is 5.51. The van der Waals surface area contributed by atoms with E-state index >= 15 is 0 Å². The fraction of sp³-hybridized carbons (Fsp3) is 0.615. The van der Waals surface area contributed by atoms with Crippen LogP contribution >= 0.6 is 0 Å². The molecule has 0 saturated heterocycles. The number of hydrogen-bond acceptors (Lipinski definition) is 4. The smallest absolute Gasteiger partial charge is 0.127 e. The summed E-state index contributed by atoms with van der Waals surface area (Å²) in [4.78, 5) is 4.16. The lowest BCUT2D eigenvalue weighted by molar-refractivity contribution is 0.127. The molecule has 1 aromatic heterocycles. The number of nitrogens with one attached hydrogen (secondary N) is 2. The molecule has 0 unspecified atom stereocenters. The summed E-state index contributed by atoms with van der Waals surface area (Å²) < 4.78 is 0. The van der Waals surface area contributed by atoms with Crippen molar-refractivity contribution in [2.24, 2.45) is 5.41 Å². The summed E-state index contributed by atoms with van der Waals surface area (Å²) in [5, 5.41) is 15.9. The van der Waals surface area contributed by atoms with Crippen LogP contribution in [0, 0.1) is 5.41 Å². The largest absolute Gasteiger partial charge is 0.396 e. The van der Waals surface area contributed by atoms with E-state index in [-0.39, 0.29) is 12.0 Å². The van der Waals surface area contributed by atoms with Crippen molar-refractivity contribution in [2.75, 3.05) is 30.8 Å². The van der Waals surface area contributed by atoms with E-state index in [0.717, 1.165) is 30.9 Å². The number of aliphatic hydroxyl groups excluding tert-OH is 1. The highest BCUT2D eigenvalue weighted by Gasteiger charge is 2.24. The van der Waals surface area contributed by atoms with Gasteiger partial charge in [-0.1, -0.05) is 13.8 Å². The van der Waals surface area contributed by atoms with Crippen LogP contribution in [0.1, 0.15) is 26.7 Å². The van der Waals surface area contributed by atoms with Crippen LogP contribution in [0.25, 0.3) is 0 Å². The van der Waals surface area contributed by atoms with Gasteiger partial charge >= 0.3 is 0 Å². The van der Waals surface area contributed by atoms with E-state index in [1.807, 2.05) is 19.2 Å². The first-order chi connectivity index (χ1) is 8.19. The van der Waals surface area contributed by atoms with Crippen molar-refractivity contribution in [3.8, 4) is 0 Å². The molecule has 0 aliphatic rings. The second-order valence-electron chi connectivity index (χ2n) is 4.40. The number of rotatable bonds is 7. The quantitative estimate of drug-likeness (QED) is 0.681. The second-order valence-corrected chi connectivity index (χ2v) is 4.40. The summed E-state index contributed by atoms with van der Waals surface area (Å²) in [5.74, 6) is 0.845. The van der Waals surface area contributed by atoms with Crippen molar-refractivity contribution in [1.29, 1.82) is 0 Å². The predicted octanol–water partition coefficient (Wildman–Crippen LogP) is 2.33. The number of nitrogens with zero attached hydrogens (tertiary/aromatic N) is 1. The van der Waals surface area contributed by atoms with E-state index in [9.17, 15) is 5.11 Å². The molecule has 0 bridgehead atoms. The van der Waals surface area contributed by atoms with Gasteiger partial charge in [0.1, 0.15) is 5.82 Å². The van der Waals surface area contributed by atoms with E-state index < -0.39 is 0 Å². The highest BCUT2D eigenvalue weighted by atomic mass is 16.3. The summed E-state index contributed by atoms with van der Waals surface area (Å²) in [6, 6.07) is 3.90. The first-order valence-corrected chi connectivity index (χ1v) is 6.18. The molecule has 0 aliphatic heterocycles. The molecule has 1 rings (SSSR count). The van der Waals surface area contributed by atoms with Gasteiger partial charge in [0.25, 0.3) is 0 Å². The van der Waals surface area contributed by atoms with E-state index in [4.69, 9.17) is 0 Å². The van der Waals surface area contributed by atoms with E-state index in [2.05, 4.69) is 29.5 Å². The third-order valence-electron chi connectivity index (χ3n) is 3.52. The van der Waals surface area contributed by atoms with Gasteiger partial charge in [-0.3, -0.25) is 0 Å².